The maximum atomic E-state index is 4.58. The van der Waals surface area contributed by atoms with Crippen molar-refractivity contribution in [2.75, 3.05) is 13.1 Å². The van der Waals surface area contributed by atoms with Crippen LogP contribution in [0.15, 0.2) is 11.6 Å². The summed E-state index contributed by atoms with van der Waals surface area (Å²) in [4.78, 5) is 7.27. The normalized spacial score (nSPS) is 26.6. The van der Waals surface area contributed by atoms with Crippen LogP contribution in [0.3, 0.4) is 0 Å². The predicted molar refractivity (Wildman–Crippen MR) is 87.2 cm³/mol. The Bertz CT molecular complexity index is 396. The summed E-state index contributed by atoms with van der Waals surface area (Å²) in [6.07, 6.45) is 4.28. The van der Waals surface area contributed by atoms with Crippen molar-refractivity contribution in [1.29, 1.82) is 0 Å². The third-order valence-electron chi connectivity index (χ3n) is 4.50. The maximum absolute atomic E-state index is 4.58. The maximum Gasteiger partial charge on any atom is 0.110 e. The molecule has 0 spiro atoms. The summed E-state index contributed by atoms with van der Waals surface area (Å²) >= 11 is 1.80. The zero-order valence-corrected chi connectivity index (χ0v) is 14.3. The summed E-state index contributed by atoms with van der Waals surface area (Å²) in [6.45, 7) is 13.8. The van der Waals surface area contributed by atoms with Gasteiger partial charge in [-0.1, -0.05) is 34.6 Å². The van der Waals surface area contributed by atoms with Gasteiger partial charge >= 0.3 is 0 Å². The number of piperazine rings is 1. The van der Waals surface area contributed by atoms with Crippen LogP contribution in [0.2, 0.25) is 0 Å². The molecule has 0 saturated carbocycles. The molecule has 4 heteroatoms. The molecular weight excluding hydrogens is 266 g/mol. The Morgan fingerprint density at radius 1 is 1.45 bits per heavy atom. The molecule has 3 atom stereocenters. The van der Waals surface area contributed by atoms with Crippen LogP contribution in [-0.2, 0) is 0 Å². The molecular formula is C16H29N3S. The van der Waals surface area contributed by atoms with E-state index in [1.165, 1.54) is 11.4 Å². The molecule has 1 aliphatic heterocycles. The van der Waals surface area contributed by atoms with E-state index in [0.717, 1.165) is 19.5 Å². The molecule has 2 heterocycles. The third-order valence-corrected chi connectivity index (χ3v) is 5.38. The van der Waals surface area contributed by atoms with E-state index in [1.54, 1.807) is 11.3 Å². The van der Waals surface area contributed by atoms with E-state index in [0.29, 0.717) is 23.5 Å². The van der Waals surface area contributed by atoms with Gasteiger partial charge in [-0.05, 0) is 18.3 Å². The molecule has 0 amide bonds. The van der Waals surface area contributed by atoms with E-state index in [4.69, 9.17) is 0 Å². The van der Waals surface area contributed by atoms with Crippen LogP contribution in [0.5, 0.6) is 0 Å². The van der Waals surface area contributed by atoms with Crippen molar-refractivity contribution < 1.29 is 0 Å². The highest BCUT2D eigenvalue weighted by atomic mass is 32.1. The van der Waals surface area contributed by atoms with Gasteiger partial charge in [-0.15, -0.1) is 11.3 Å². The van der Waals surface area contributed by atoms with Gasteiger partial charge in [-0.3, -0.25) is 4.90 Å². The first-order valence-electron chi connectivity index (χ1n) is 7.85. The average Bonchev–Trinajstić information content (AvgIpc) is 2.92. The van der Waals surface area contributed by atoms with Crippen LogP contribution in [0.4, 0.5) is 0 Å². The molecule has 1 aromatic rings. The lowest BCUT2D eigenvalue weighted by molar-refractivity contribution is 0.0451. The predicted octanol–water partition coefficient (Wildman–Crippen LogP) is 3.69. The second-order valence-corrected chi connectivity index (χ2v) is 7.81. The first kappa shape index (κ1) is 15.9. The smallest absolute Gasteiger partial charge is 0.110 e. The number of hydrogen-bond donors (Lipinski definition) is 1. The number of hydrogen-bond acceptors (Lipinski definition) is 4. The molecule has 3 unspecified atom stereocenters. The molecule has 1 aromatic heterocycles. The zero-order chi connectivity index (χ0) is 14.8. The minimum absolute atomic E-state index is 0.304. The van der Waals surface area contributed by atoms with Gasteiger partial charge in [0.25, 0.3) is 0 Å². The van der Waals surface area contributed by atoms with Crippen LogP contribution >= 0.6 is 11.3 Å². The molecule has 0 bridgehead atoms. The van der Waals surface area contributed by atoms with E-state index in [1.807, 2.05) is 6.20 Å². The quantitative estimate of drug-likeness (QED) is 0.918. The molecule has 1 saturated heterocycles. The van der Waals surface area contributed by atoms with Gasteiger partial charge in [0.1, 0.15) is 5.01 Å². The van der Waals surface area contributed by atoms with E-state index in [9.17, 15) is 0 Å². The van der Waals surface area contributed by atoms with Gasteiger partial charge in [0.15, 0.2) is 0 Å². The van der Waals surface area contributed by atoms with Gasteiger partial charge in [0.2, 0.25) is 0 Å². The Hall–Kier alpha value is -0.450. The van der Waals surface area contributed by atoms with Crippen LogP contribution < -0.4 is 5.32 Å². The lowest BCUT2D eigenvalue weighted by Crippen LogP contribution is -2.60. The SMILES string of the molecule is CCC1CNC(C(C)(C)C)CN1C(CC)c1nccs1. The van der Waals surface area contributed by atoms with Crippen molar-refractivity contribution in [1.82, 2.24) is 15.2 Å². The fraction of sp³-hybridized carbons (Fsp3) is 0.812. The van der Waals surface area contributed by atoms with Gasteiger partial charge in [-0.25, -0.2) is 4.98 Å². The summed E-state index contributed by atoms with van der Waals surface area (Å²) in [5.41, 5.74) is 0.304. The fourth-order valence-corrected chi connectivity index (χ4v) is 3.95. The minimum Gasteiger partial charge on any atom is -0.311 e. The molecule has 1 fully saturated rings. The molecule has 114 valence electrons. The largest absolute Gasteiger partial charge is 0.311 e. The van der Waals surface area contributed by atoms with Crippen molar-refractivity contribution in [2.24, 2.45) is 5.41 Å². The monoisotopic (exact) mass is 295 g/mol. The first-order valence-corrected chi connectivity index (χ1v) is 8.73. The molecule has 2 rings (SSSR count). The van der Waals surface area contributed by atoms with Crippen molar-refractivity contribution >= 4 is 11.3 Å². The molecule has 0 aliphatic carbocycles. The number of nitrogens with one attached hydrogen (secondary N) is 1. The minimum atomic E-state index is 0.304. The van der Waals surface area contributed by atoms with Gasteiger partial charge in [0.05, 0.1) is 6.04 Å². The van der Waals surface area contributed by atoms with Gasteiger partial charge in [-0.2, -0.15) is 0 Å². The number of rotatable bonds is 4. The lowest BCUT2D eigenvalue weighted by Gasteiger charge is -2.47. The Kier molecular flexibility index (Phi) is 5.21. The molecule has 0 radical (unpaired) electrons. The summed E-state index contributed by atoms with van der Waals surface area (Å²) in [6, 6.07) is 1.66. The third kappa shape index (κ3) is 3.41. The second kappa shape index (κ2) is 6.54. The molecule has 20 heavy (non-hydrogen) atoms. The number of nitrogens with zero attached hydrogens (tertiary/aromatic N) is 2. The molecule has 1 N–H and O–H groups in total. The molecule has 1 aliphatic rings. The van der Waals surface area contributed by atoms with Crippen molar-refractivity contribution in [3.63, 3.8) is 0 Å². The Balaban J connectivity index is 2.20. The zero-order valence-electron chi connectivity index (χ0n) is 13.5. The van der Waals surface area contributed by atoms with Crippen molar-refractivity contribution in [2.45, 2.75) is 65.6 Å². The Labute approximate surface area is 127 Å². The highest BCUT2D eigenvalue weighted by Gasteiger charge is 2.37. The number of thiazole rings is 1. The molecule has 0 aromatic carbocycles. The summed E-state index contributed by atoms with van der Waals surface area (Å²) in [7, 11) is 0. The summed E-state index contributed by atoms with van der Waals surface area (Å²) in [5, 5.41) is 7.13. The highest BCUT2D eigenvalue weighted by Crippen LogP contribution is 2.33. The lowest BCUT2D eigenvalue weighted by atomic mass is 9.84. The summed E-state index contributed by atoms with van der Waals surface area (Å²) in [5.74, 6) is 0. The van der Waals surface area contributed by atoms with Gasteiger partial charge in [0, 0.05) is 36.8 Å². The van der Waals surface area contributed by atoms with E-state index < -0.39 is 0 Å². The van der Waals surface area contributed by atoms with Crippen molar-refractivity contribution in [3.05, 3.63) is 16.6 Å². The van der Waals surface area contributed by atoms with Crippen LogP contribution in [0, 0.1) is 5.41 Å². The Morgan fingerprint density at radius 3 is 2.70 bits per heavy atom. The van der Waals surface area contributed by atoms with Crippen LogP contribution in [0.25, 0.3) is 0 Å². The average molecular weight is 295 g/mol. The summed E-state index contributed by atoms with van der Waals surface area (Å²) < 4.78 is 0. The van der Waals surface area contributed by atoms with Gasteiger partial charge < -0.3 is 5.32 Å². The first-order chi connectivity index (χ1) is 9.47. The van der Waals surface area contributed by atoms with E-state index in [-0.39, 0.29) is 0 Å². The van der Waals surface area contributed by atoms with E-state index in [2.05, 4.69) is 55.2 Å². The van der Waals surface area contributed by atoms with Crippen molar-refractivity contribution in [3.8, 4) is 0 Å². The molecule has 3 nitrogen and oxygen atoms in total. The van der Waals surface area contributed by atoms with Crippen LogP contribution in [-0.4, -0.2) is 35.1 Å². The standard InChI is InChI=1S/C16H29N3S/c1-6-12-10-18-14(16(3,4)5)11-19(12)13(7-2)15-17-8-9-20-15/h8-9,12-14,18H,6-7,10-11H2,1-5H3. The highest BCUT2D eigenvalue weighted by molar-refractivity contribution is 7.09. The van der Waals surface area contributed by atoms with E-state index >= 15 is 0 Å². The number of aromatic nitrogens is 1. The second-order valence-electron chi connectivity index (χ2n) is 6.88. The topological polar surface area (TPSA) is 28.2 Å². The van der Waals surface area contributed by atoms with Crippen LogP contribution in [0.1, 0.15) is 58.5 Å². The fourth-order valence-electron chi connectivity index (χ4n) is 3.11. The Morgan fingerprint density at radius 2 is 2.20 bits per heavy atom.